The average molecular weight is 218 g/mol. The Morgan fingerprint density at radius 3 is 2.88 bits per heavy atom. The van der Waals surface area contributed by atoms with Gasteiger partial charge in [0.25, 0.3) is 0 Å². The lowest BCUT2D eigenvalue weighted by molar-refractivity contribution is 0.436. The first-order valence-electron chi connectivity index (χ1n) is 6.13. The Labute approximate surface area is 96.1 Å². The fourth-order valence-electron chi connectivity index (χ4n) is 2.57. The van der Waals surface area contributed by atoms with Crippen LogP contribution in [0.25, 0.3) is 0 Å². The number of nitrogens with zero attached hydrogens (tertiary/aromatic N) is 3. The second kappa shape index (κ2) is 4.01. The van der Waals surface area contributed by atoms with E-state index >= 15 is 0 Å². The molecule has 0 atom stereocenters. The van der Waals surface area contributed by atoms with E-state index in [2.05, 4.69) is 27.1 Å². The maximum absolute atomic E-state index is 4.47. The summed E-state index contributed by atoms with van der Waals surface area (Å²) in [6.45, 7) is 6.45. The van der Waals surface area contributed by atoms with Gasteiger partial charge in [0.2, 0.25) is 0 Å². The molecule has 86 valence electrons. The molecule has 0 bridgehead atoms. The SMILES string of the molecule is CC1CCN(c2ncnc3c2CNC3)CC1. The largest absolute Gasteiger partial charge is 0.356 e. The minimum Gasteiger partial charge on any atom is -0.356 e. The highest BCUT2D eigenvalue weighted by Gasteiger charge is 2.23. The number of piperidine rings is 1. The maximum atomic E-state index is 4.47. The molecule has 0 spiro atoms. The number of anilines is 1. The zero-order valence-corrected chi connectivity index (χ0v) is 9.74. The minimum atomic E-state index is 0.865. The first-order valence-corrected chi connectivity index (χ1v) is 6.13. The van der Waals surface area contributed by atoms with Crippen LogP contribution < -0.4 is 10.2 Å². The van der Waals surface area contributed by atoms with Crippen molar-refractivity contribution in [3.05, 3.63) is 17.6 Å². The zero-order chi connectivity index (χ0) is 11.0. The maximum Gasteiger partial charge on any atom is 0.136 e. The molecule has 2 aliphatic rings. The molecule has 4 heteroatoms. The Hall–Kier alpha value is -1.16. The molecule has 1 fully saturated rings. The number of aromatic nitrogens is 2. The number of hydrogen-bond donors (Lipinski definition) is 1. The Kier molecular flexibility index (Phi) is 2.52. The standard InChI is InChI=1S/C12H18N4/c1-9-2-4-16(5-3-9)12-10-6-13-7-11(10)14-8-15-12/h8-9,13H,2-7H2,1H3. The average Bonchev–Trinajstić information content (AvgIpc) is 2.78. The van der Waals surface area contributed by atoms with E-state index in [4.69, 9.17) is 0 Å². The lowest BCUT2D eigenvalue weighted by Gasteiger charge is -2.32. The molecule has 4 nitrogen and oxygen atoms in total. The highest BCUT2D eigenvalue weighted by atomic mass is 15.2. The molecule has 0 radical (unpaired) electrons. The molecule has 0 saturated carbocycles. The van der Waals surface area contributed by atoms with E-state index in [-0.39, 0.29) is 0 Å². The van der Waals surface area contributed by atoms with Gasteiger partial charge >= 0.3 is 0 Å². The van der Waals surface area contributed by atoms with E-state index in [1.165, 1.54) is 29.9 Å². The summed E-state index contributed by atoms with van der Waals surface area (Å²) in [6, 6.07) is 0. The van der Waals surface area contributed by atoms with Gasteiger partial charge in [0.15, 0.2) is 0 Å². The van der Waals surface area contributed by atoms with Crippen LogP contribution in [0, 0.1) is 5.92 Å². The molecule has 16 heavy (non-hydrogen) atoms. The van der Waals surface area contributed by atoms with Gasteiger partial charge in [-0.2, -0.15) is 0 Å². The first kappa shape index (κ1) is 10.0. The van der Waals surface area contributed by atoms with Crippen LogP contribution in [0.15, 0.2) is 6.33 Å². The predicted molar refractivity (Wildman–Crippen MR) is 63.2 cm³/mol. The summed E-state index contributed by atoms with van der Waals surface area (Å²) in [4.78, 5) is 11.2. The molecule has 0 aliphatic carbocycles. The topological polar surface area (TPSA) is 41.1 Å². The number of hydrogen-bond acceptors (Lipinski definition) is 4. The molecular formula is C12H18N4. The van der Waals surface area contributed by atoms with Gasteiger partial charge in [-0.1, -0.05) is 6.92 Å². The lowest BCUT2D eigenvalue weighted by atomic mass is 9.99. The number of nitrogens with one attached hydrogen (secondary N) is 1. The molecule has 1 aromatic rings. The summed E-state index contributed by atoms with van der Waals surface area (Å²) in [5, 5.41) is 3.35. The van der Waals surface area contributed by atoms with Crippen LogP contribution in [0.2, 0.25) is 0 Å². The highest BCUT2D eigenvalue weighted by Crippen LogP contribution is 2.27. The molecule has 1 saturated heterocycles. The highest BCUT2D eigenvalue weighted by molar-refractivity contribution is 5.50. The van der Waals surface area contributed by atoms with E-state index in [1.807, 2.05) is 0 Å². The van der Waals surface area contributed by atoms with E-state index in [0.717, 1.165) is 32.1 Å². The van der Waals surface area contributed by atoms with Gasteiger partial charge in [-0.15, -0.1) is 0 Å². The summed E-state index contributed by atoms with van der Waals surface area (Å²) in [5.41, 5.74) is 2.50. The van der Waals surface area contributed by atoms with Crippen molar-refractivity contribution in [1.29, 1.82) is 0 Å². The van der Waals surface area contributed by atoms with Gasteiger partial charge in [0.05, 0.1) is 5.69 Å². The smallest absolute Gasteiger partial charge is 0.136 e. The van der Waals surface area contributed by atoms with Crippen LogP contribution >= 0.6 is 0 Å². The third-order valence-corrected chi connectivity index (χ3v) is 3.69. The van der Waals surface area contributed by atoms with Crippen LogP contribution in [-0.2, 0) is 13.1 Å². The fourth-order valence-corrected chi connectivity index (χ4v) is 2.57. The van der Waals surface area contributed by atoms with E-state index in [1.54, 1.807) is 6.33 Å². The fraction of sp³-hybridized carbons (Fsp3) is 0.667. The molecule has 1 N–H and O–H groups in total. The van der Waals surface area contributed by atoms with Crippen LogP contribution in [0.1, 0.15) is 31.0 Å². The van der Waals surface area contributed by atoms with Crippen LogP contribution in [-0.4, -0.2) is 23.1 Å². The normalized spacial score (nSPS) is 21.2. The van der Waals surface area contributed by atoms with Gasteiger partial charge in [-0.05, 0) is 18.8 Å². The van der Waals surface area contributed by atoms with Crippen molar-refractivity contribution < 1.29 is 0 Å². The zero-order valence-electron chi connectivity index (χ0n) is 9.74. The van der Waals surface area contributed by atoms with Crippen LogP contribution in [0.3, 0.4) is 0 Å². The van der Waals surface area contributed by atoms with Crippen molar-refractivity contribution in [3.8, 4) is 0 Å². The predicted octanol–water partition coefficient (Wildman–Crippen LogP) is 1.32. The summed E-state index contributed by atoms with van der Waals surface area (Å²) < 4.78 is 0. The third kappa shape index (κ3) is 1.67. The summed E-state index contributed by atoms with van der Waals surface area (Å²) in [7, 11) is 0. The number of fused-ring (bicyclic) bond motifs is 1. The Morgan fingerprint density at radius 2 is 2.06 bits per heavy atom. The second-order valence-electron chi connectivity index (χ2n) is 4.90. The first-order chi connectivity index (χ1) is 7.84. The summed E-state index contributed by atoms with van der Waals surface area (Å²) in [6.07, 6.45) is 4.28. The summed E-state index contributed by atoms with van der Waals surface area (Å²) in [5.74, 6) is 2.03. The molecular weight excluding hydrogens is 200 g/mol. The van der Waals surface area contributed by atoms with Crippen molar-refractivity contribution in [2.75, 3.05) is 18.0 Å². The third-order valence-electron chi connectivity index (χ3n) is 3.69. The van der Waals surface area contributed by atoms with Gasteiger partial charge in [-0.3, -0.25) is 0 Å². The Morgan fingerprint density at radius 1 is 1.25 bits per heavy atom. The van der Waals surface area contributed by atoms with Crippen molar-refractivity contribution >= 4 is 5.82 Å². The Balaban J connectivity index is 1.87. The van der Waals surface area contributed by atoms with Gasteiger partial charge in [0.1, 0.15) is 12.1 Å². The summed E-state index contributed by atoms with van der Waals surface area (Å²) >= 11 is 0. The van der Waals surface area contributed by atoms with E-state index in [0.29, 0.717) is 0 Å². The molecule has 3 heterocycles. The molecule has 0 unspecified atom stereocenters. The van der Waals surface area contributed by atoms with Crippen molar-refractivity contribution in [1.82, 2.24) is 15.3 Å². The molecule has 0 aromatic carbocycles. The number of rotatable bonds is 1. The van der Waals surface area contributed by atoms with E-state index in [9.17, 15) is 0 Å². The minimum absolute atomic E-state index is 0.865. The molecule has 0 amide bonds. The molecule has 3 rings (SSSR count). The lowest BCUT2D eigenvalue weighted by Crippen LogP contribution is -2.34. The van der Waals surface area contributed by atoms with Gasteiger partial charge in [0, 0.05) is 31.7 Å². The van der Waals surface area contributed by atoms with E-state index < -0.39 is 0 Å². The van der Waals surface area contributed by atoms with Crippen LogP contribution in [0.5, 0.6) is 0 Å². The van der Waals surface area contributed by atoms with Crippen molar-refractivity contribution in [2.24, 2.45) is 5.92 Å². The second-order valence-corrected chi connectivity index (χ2v) is 4.90. The van der Waals surface area contributed by atoms with Gasteiger partial charge < -0.3 is 10.2 Å². The van der Waals surface area contributed by atoms with Crippen LogP contribution in [0.4, 0.5) is 5.82 Å². The van der Waals surface area contributed by atoms with Crippen molar-refractivity contribution in [2.45, 2.75) is 32.9 Å². The van der Waals surface area contributed by atoms with Crippen molar-refractivity contribution in [3.63, 3.8) is 0 Å². The molecule has 2 aliphatic heterocycles. The quantitative estimate of drug-likeness (QED) is 0.772. The monoisotopic (exact) mass is 218 g/mol. The Bertz CT molecular complexity index is 383. The molecule has 1 aromatic heterocycles. The van der Waals surface area contributed by atoms with Gasteiger partial charge in [-0.25, -0.2) is 9.97 Å².